The van der Waals surface area contributed by atoms with Gasteiger partial charge in [0.1, 0.15) is 47.1 Å². The van der Waals surface area contributed by atoms with E-state index >= 15 is 0 Å². The van der Waals surface area contributed by atoms with Crippen LogP contribution < -0.4 is 24.7 Å². The molecule has 0 saturated heterocycles. The summed E-state index contributed by atoms with van der Waals surface area (Å²) in [6.07, 6.45) is 3.20. The molecular formula is C35H31FN2O5. The molecule has 0 amide bonds. The highest BCUT2D eigenvalue weighted by molar-refractivity contribution is 5.91. The number of nitriles is 1. The van der Waals surface area contributed by atoms with Gasteiger partial charge in [0.05, 0.1) is 18.1 Å². The number of rotatable bonds is 11. The highest BCUT2D eigenvalue weighted by atomic mass is 19.1. The van der Waals surface area contributed by atoms with E-state index in [4.69, 9.17) is 24.7 Å². The topological polar surface area (TPSA) is 104 Å². The minimum absolute atomic E-state index is 0.0297. The molecule has 0 radical (unpaired) electrons. The Labute approximate surface area is 249 Å². The summed E-state index contributed by atoms with van der Waals surface area (Å²) in [7, 11) is 0. The molecular weight excluding hydrogens is 547 g/mol. The molecule has 4 aromatic carbocycles. The summed E-state index contributed by atoms with van der Waals surface area (Å²) in [6, 6.07) is 27.6. The van der Waals surface area contributed by atoms with Gasteiger partial charge in [-0.2, -0.15) is 5.26 Å². The van der Waals surface area contributed by atoms with Crippen LogP contribution in [0.3, 0.4) is 0 Å². The monoisotopic (exact) mass is 578 g/mol. The predicted molar refractivity (Wildman–Crippen MR) is 159 cm³/mol. The number of fused-ring (bicyclic) bond motifs is 1. The molecule has 8 heteroatoms. The Kier molecular flexibility index (Phi) is 9.23. The van der Waals surface area contributed by atoms with Gasteiger partial charge in [-0.25, -0.2) is 9.18 Å². The molecule has 4 aromatic rings. The first-order chi connectivity index (χ1) is 21.0. The van der Waals surface area contributed by atoms with E-state index in [0.717, 1.165) is 24.8 Å². The van der Waals surface area contributed by atoms with Crippen LogP contribution in [0.15, 0.2) is 102 Å². The standard InChI is InChI=1S/C35H31FN2O5/c1-2-3-6-19-40-26-15-11-24(12-16-26)35(39)42-28-17-18-29-32(20-28)43-34(38)30(21-37)33(29)23-9-13-27(14-10-23)41-22-25-7-4-5-8-31(25)36/h4-5,7-18,20,33H,2-3,6,19,22,38H2,1H3. The largest absolute Gasteiger partial charge is 0.494 e. The number of hydrogen-bond donors (Lipinski definition) is 1. The van der Waals surface area contributed by atoms with Gasteiger partial charge in [-0.05, 0) is 60.5 Å². The summed E-state index contributed by atoms with van der Waals surface area (Å²) >= 11 is 0. The molecule has 218 valence electrons. The average Bonchev–Trinajstić information content (AvgIpc) is 3.02. The number of carbonyl (C=O) groups excluding carboxylic acids is 1. The van der Waals surface area contributed by atoms with Gasteiger partial charge >= 0.3 is 5.97 Å². The third kappa shape index (κ3) is 6.96. The Morgan fingerprint density at radius 2 is 1.63 bits per heavy atom. The highest BCUT2D eigenvalue weighted by Gasteiger charge is 2.31. The fourth-order valence-electron chi connectivity index (χ4n) is 4.77. The van der Waals surface area contributed by atoms with E-state index in [1.54, 1.807) is 72.8 Å². The number of ether oxygens (including phenoxy) is 4. The van der Waals surface area contributed by atoms with Crippen molar-refractivity contribution >= 4 is 5.97 Å². The van der Waals surface area contributed by atoms with Gasteiger partial charge in [0.25, 0.3) is 0 Å². The molecule has 1 unspecified atom stereocenters. The molecule has 0 bridgehead atoms. The number of benzene rings is 4. The second kappa shape index (κ2) is 13.6. The van der Waals surface area contributed by atoms with Crippen molar-refractivity contribution in [1.82, 2.24) is 0 Å². The lowest BCUT2D eigenvalue weighted by Crippen LogP contribution is -2.21. The number of halogens is 1. The summed E-state index contributed by atoms with van der Waals surface area (Å²) in [5.74, 6) is 0.492. The lowest BCUT2D eigenvalue weighted by Gasteiger charge is -2.26. The van der Waals surface area contributed by atoms with Crippen molar-refractivity contribution in [3.8, 4) is 29.1 Å². The van der Waals surface area contributed by atoms with Gasteiger partial charge in [0.15, 0.2) is 0 Å². The van der Waals surface area contributed by atoms with Crippen molar-refractivity contribution in [3.05, 3.63) is 131 Å². The van der Waals surface area contributed by atoms with Crippen LogP contribution in [-0.2, 0) is 6.61 Å². The van der Waals surface area contributed by atoms with E-state index in [-0.39, 0.29) is 29.6 Å². The van der Waals surface area contributed by atoms with E-state index in [2.05, 4.69) is 13.0 Å². The van der Waals surface area contributed by atoms with E-state index < -0.39 is 11.9 Å². The van der Waals surface area contributed by atoms with Crippen LogP contribution >= 0.6 is 0 Å². The number of esters is 1. The maximum absolute atomic E-state index is 13.9. The molecule has 0 aliphatic carbocycles. The zero-order valence-electron chi connectivity index (χ0n) is 23.7. The van der Waals surface area contributed by atoms with Crippen LogP contribution in [0, 0.1) is 17.1 Å². The molecule has 0 fully saturated rings. The first kappa shape index (κ1) is 29.2. The van der Waals surface area contributed by atoms with E-state index in [9.17, 15) is 14.4 Å². The van der Waals surface area contributed by atoms with Crippen LogP contribution in [0.25, 0.3) is 0 Å². The lowest BCUT2D eigenvalue weighted by molar-refractivity contribution is 0.0734. The molecule has 1 aliphatic heterocycles. The number of carbonyl (C=O) groups is 1. The summed E-state index contributed by atoms with van der Waals surface area (Å²) in [5.41, 5.74) is 8.71. The smallest absolute Gasteiger partial charge is 0.343 e. The first-order valence-electron chi connectivity index (χ1n) is 14.1. The Morgan fingerprint density at radius 3 is 2.35 bits per heavy atom. The van der Waals surface area contributed by atoms with E-state index in [1.807, 2.05) is 12.1 Å². The molecule has 0 aromatic heterocycles. The SMILES string of the molecule is CCCCCOc1ccc(C(=O)Oc2ccc3c(c2)OC(N)=C(C#N)C3c2ccc(OCc3ccccc3F)cc2)cc1. The Bertz CT molecular complexity index is 1660. The summed E-state index contributed by atoms with van der Waals surface area (Å²) in [4.78, 5) is 12.8. The molecule has 1 heterocycles. The van der Waals surface area contributed by atoms with Crippen LogP contribution in [0.1, 0.15) is 59.2 Å². The molecule has 1 atom stereocenters. The summed E-state index contributed by atoms with van der Waals surface area (Å²) in [5, 5.41) is 9.89. The highest BCUT2D eigenvalue weighted by Crippen LogP contribution is 2.43. The third-order valence-corrected chi connectivity index (χ3v) is 7.07. The quantitative estimate of drug-likeness (QED) is 0.112. The van der Waals surface area contributed by atoms with Gasteiger partial charge < -0.3 is 24.7 Å². The molecule has 7 nitrogen and oxygen atoms in total. The van der Waals surface area contributed by atoms with E-state index in [0.29, 0.717) is 40.5 Å². The average molecular weight is 579 g/mol. The Hall–Kier alpha value is -5.29. The van der Waals surface area contributed by atoms with Gasteiger partial charge in [-0.1, -0.05) is 56.2 Å². The number of unbranched alkanes of at least 4 members (excludes halogenated alkanes) is 2. The number of hydrogen-bond acceptors (Lipinski definition) is 7. The van der Waals surface area contributed by atoms with Gasteiger partial charge in [0.2, 0.25) is 5.88 Å². The summed E-state index contributed by atoms with van der Waals surface area (Å²) < 4.78 is 36.8. The molecule has 2 N–H and O–H groups in total. The molecule has 0 spiro atoms. The Morgan fingerprint density at radius 1 is 0.930 bits per heavy atom. The second-order valence-corrected chi connectivity index (χ2v) is 10.0. The molecule has 1 aliphatic rings. The van der Waals surface area contributed by atoms with Crippen molar-refractivity contribution in [2.45, 2.75) is 38.7 Å². The van der Waals surface area contributed by atoms with Gasteiger partial charge in [-0.15, -0.1) is 0 Å². The van der Waals surface area contributed by atoms with Crippen LogP contribution in [-0.4, -0.2) is 12.6 Å². The first-order valence-corrected chi connectivity index (χ1v) is 14.1. The third-order valence-electron chi connectivity index (χ3n) is 7.07. The van der Waals surface area contributed by atoms with Crippen LogP contribution in [0.5, 0.6) is 23.0 Å². The maximum Gasteiger partial charge on any atom is 0.343 e. The normalized spacial score (nSPS) is 13.8. The van der Waals surface area contributed by atoms with Crippen molar-refractivity contribution in [2.75, 3.05) is 6.61 Å². The van der Waals surface area contributed by atoms with Crippen LogP contribution in [0.2, 0.25) is 0 Å². The zero-order chi connectivity index (χ0) is 30.2. The van der Waals surface area contributed by atoms with Crippen molar-refractivity contribution < 1.29 is 28.1 Å². The van der Waals surface area contributed by atoms with Gasteiger partial charge in [0, 0.05) is 17.2 Å². The van der Waals surface area contributed by atoms with Gasteiger partial charge in [-0.3, -0.25) is 0 Å². The van der Waals surface area contributed by atoms with Crippen molar-refractivity contribution in [1.29, 1.82) is 5.26 Å². The molecule has 5 rings (SSSR count). The minimum atomic E-state index is -0.531. The van der Waals surface area contributed by atoms with Crippen molar-refractivity contribution in [2.24, 2.45) is 5.73 Å². The fourth-order valence-corrected chi connectivity index (χ4v) is 4.77. The number of allylic oxidation sites excluding steroid dienone is 1. The Balaban J connectivity index is 1.29. The fraction of sp³-hybridized carbons (Fsp3) is 0.200. The van der Waals surface area contributed by atoms with E-state index in [1.165, 1.54) is 6.07 Å². The zero-order valence-corrected chi connectivity index (χ0v) is 23.7. The predicted octanol–water partition coefficient (Wildman–Crippen LogP) is 7.41. The number of nitrogens with two attached hydrogens (primary N) is 1. The maximum atomic E-state index is 13.9. The minimum Gasteiger partial charge on any atom is -0.494 e. The second-order valence-electron chi connectivity index (χ2n) is 10.0. The lowest BCUT2D eigenvalue weighted by atomic mass is 9.83. The van der Waals surface area contributed by atoms with Crippen LogP contribution in [0.4, 0.5) is 4.39 Å². The van der Waals surface area contributed by atoms with Crippen molar-refractivity contribution in [3.63, 3.8) is 0 Å². The molecule has 0 saturated carbocycles. The summed E-state index contributed by atoms with van der Waals surface area (Å²) in [6.45, 7) is 2.85. The molecule has 43 heavy (non-hydrogen) atoms. The number of nitrogens with zero attached hydrogens (tertiary/aromatic N) is 1.